The molecule has 3 amide bonds. The first-order valence-electron chi connectivity index (χ1n) is 7.84. The minimum absolute atomic E-state index is 0.139. The van der Waals surface area contributed by atoms with E-state index in [9.17, 15) is 9.59 Å². The molecule has 2 aromatic rings. The maximum Gasteiger partial charge on any atom is 0.319 e. The molecule has 25 heavy (non-hydrogen) atoms. The molecule has 0 saturated heterocycles. The molecule has 1 atom stereocenters. The topological polar surface area (TPSA) is 90.5 Å². The SMILES string of the molecule is O=C(Nc1ccc(Br)cc1)NC(Cc1ccccc1)C(=O)NCCO. The Morgan fingerprint density at radius 3 is 2.36 bits per heavy atom. The van der Waals surface area contributed by atoms with Crippen LogP contribution in [0.4, 0.5) is 10.5 Å². The summed E-state index contributed by atoms with van der Waals surface area (Å²) in [5, 5.41) is 16.8. The summed E-state index contributed by atoms with van der Waals surface area (Å²) in [5.41, 5.74) is 1.55. The van der Waals surface area contributed by atoms with Crippen molar-refractivity contribution in [2.75, 3.05) is 18.5 Å². The van der Waals surface area contributed by atoms with Gasteiger partial charge in [0.05, 0.1) is 6.61 Å². The van der Waals surface area contributed by atoms with Crippen molar-refractivity contribution < 1.29 is 14.7 Å². The van der Waals surface area contributed by atoms with Gasteiger partial charge in [-0.2, -0.15) is 0 Å². The third-order valence-electron chi connectivity index (χ3n) is 3.42. The van der Waals surface area contributed by atoms with Crippen LogP contribution in [0.15, 0.2) is 59.1 Å². The summed E-state index contributed by atoms with van der Waals surface area (Å²) >= 11 is 3.33. The third kappa shape index (κ3) is 6.56. The number of carbonyl (C=O) groups excluding carboxylic acids is 2. The second-order valence-corrected chi connectivity index (χ2v) is 6.28. The molecule has 0 aliphatic rings. The van der Waals surface area contributed by atoms with Crippen LogP contribution in [-0.4, -0.2) is 36.2 Å². The molecule has 0 radical (unpaired) electrons. The highest BCUT2D eigenvalue weighted by atomic mass is 79.9. The Balaban J connectivity index is 2.02. The Morgan fingerprint density at radius 1 is 1.04 bits per heavy atom. The maximum atomic E-state index is 12.3. The van der Waals surface area contributed by atoms with Gasteiger partial charge in [-0.1, -0.05) is 46.3 Å². The van der Waals surface area contributed by atoms with E-state index in [1.165, 1.54) is 0 Å². The number of aliphatic hydroxyl groups excluding tert-OH is 1. The van der Waals surface area contributed by atoms with Crippen molar-refractivity contribution in [1.29, 1.82) is 0 Å². The summed E-state index contributed by atoms with van der Waals surface area (Å²) in [6.45, 7) is -0.0188. The number of urea groups is 1. The van der Waals surface area contributed by atoms with Crippen LogP contribution in [0, 0.1) is 0 Å². The molecule has 132 valence electrons. The summed E-state index contributed by atoms with van der Waals surface area (Å²) in [6.07, 6.45) is 0.353. The molecule has 4 N–H and O–H groups in total. The van der Waals surface area contributed by atoms with Gasteiger partial charge < -0.3 is 21.1 Å². The Morgan fingerprint density at radius 2 is 1.72 bits per heavy atom. The summed E-state index contributed by atoms with van der Waals surface area (Å²) in [6, 6.07) is 15.3. The van der Waals surface area contributed by atoms with Crippen LogP contribution in [0.1, 0.15) is 5.56 Å². The number of nitrogens with one attached hydrogen (secondary N) is 3. The number of hydrogen-bond acceptors (Lipinski definition) is 3. The number of halogens is 1. The lowest BCUT2D eigenvalue weighted by Gasteiger charge is -2.19. The number of anilines is 1. The standard InChI is InChI=1S/C18H20BrN3O3/c19-14-6-8-15(9-7-14)21-18(25)22-16(17(24)20-10-11-23)12-13-4-2-1-3-5-13/h1-9,16,23H,10-12H2,(H,20,24)(H2,21,22,25). The molecule has 0 bridgehead atoms. The molecule has 0 aliphatic heterocycles. The average molecular weight is 406 g/mol. The second kappa shape index (κ2) is 9.80. The highest BCUT2D eigenvalue weighted by Crippen LogP contribution is 2.14. The monoisotopic (exact) mass is 405 g/mol. The molecular formula is C18H20BrN3O3. The van der Waals surface area contributed by atoms with Crippen LogP contribution >= 0.6 is 15.9 Å². The number of aliphatic hydroxyl groups is 1. The van der Waals surface area contributed by atoms with Gasteiger partial charge >= 0.3 is 6.03 Å². The minimum atomic E-state index is -0.746. The second-order valence-electron chi connectivity index (χ2n) is 5.36. The van der Waals surface area contributed by atoms with Crippen molar-refractivity contribution in [2.24, 2.45) is 0 Å². The Labute approximate surface area is 154 Å². The number of amides is 3. The van der Waals surface area contributed by atoms with Gasteiger partial charge in [0, 0.05) is 23.1 Å². The van der Waals surface area contributed by atoms with Crippen LogP contribution in [0.2, 0.25) is 0 Å². The lowest BCUT2D eigenvalue weighted by atomic mass is 10.1. The largest absolute Gasteiger partial charge is 0.395 e. The number of hydrogen-bond donors (Lipinski definition) is 4. The Hall–Kier alpha value is -2.38. The normalized spacial score (nSPS) is 11.4. The van der Waals surface area contributed by atoms with E-state index >= 15 is 0 Å². The average Bonchev–Trinajstić information content (AvgIpc) is 2.62. The zero-order valence-electron chi connectivity index (χ0n) is 13.5. The van der Waals surface area contributed by atoms with Gasteiger partial charge in [0.15, 0.2) is 0 Å². The zero-order valence-corrected chi connectivity index (χ0v) is 15.1. The van der Waals surface area contributed by atoms with E-state index in [4.69, 9.17) is 5.11 Å². The molecule has 0 aliphatic carbocycles. The fraction of sp³-hybridized carbons (Fsp3) is 0.222. The summed E-state index contributed by atoms with van der Waals surface area (Å²) in [7, 11) is 0. The first-order valence-corrected chi connectivity index (χ1v) is 8.63. The number of rotatable bonds is 7. The van der Waals surface area contributed by atoms with Gasteiger partial charge in [0.2, 0.25) is 5.91 Å². The number of benzene rings is 2. The molecule has 0 heterocycles. The van der Waals surface area contributed by atoms with Crippen molar-refractivity contribution in [3.05, 3.63) is 64.6 Å². The van der Waals surface area contributed by atoms with E-state index in [-0.39, 0.29) is 19.1 Å². The summed E-state index contributed by atoms with van der Waals surface area (Å²) < 4.78 is 0.906. The van der Waals surface area contributed by atoms with Crippen molar-refractivity contribution >= 4 is 33.6 Å². The molecule has 2 rings (SSSR count). The van der Waals surface area contributed by atoms with Gasteiger partial charge in [-0.05, 0) is 29.8 Å². The number of carbonyl (C=O) groups is 2. The zero-order chi connectivity index (χ0) is 18.1. The van der Waals surface area contributed by atoms with E-state index in [0.29, 0.717) is 12.1 Å². The van der Waals surface area contributed by atoms with Crippen LogP contribution in [0.25, 0.3) is 0 Å². The summed E-state index contributed by atoms with van der Waals surface area (Å²) in [5.74, 6) is -0.344. The maximum absolute atomic E-state index is 12.3. The van der Waals surface area contributed by atoms with Crippen molar-refractivity contribution in [2.45, 2.75) is 12.5 Å². The predicted molar refractivity (Wildman–Crippen MR) is 100 cm³/mol. The first kappa shape index (κ1) is 19.0. The minimum Gasteiger partial charge on any atom is -0.395 e. The fourth-order valence-corrected chi connectivity index (χ4v) is 2.48. The van der Waals surface area contributed by atoms with Crippen molar-refractivity contribution in [3.8, 4) is 0 Å². The quantitative estimate of drug-likeness (QED) is 0.569. The lowest BCUT2D eigenvalue weighted by Crippen LogP contribution is -2.49. The van der Waals surface area contributed by atoms with Crippen LogP contribution in [-0.2, 0) is 11.2 Å². The van der Waals surface area contributed by atoms with E-state index in [0.717, 1.165) is 10.0 Å². The molecule has 6 nitrogen and oxygen atoms in total. The predicted octanol–water partition coefficient (Wildman–Crippen LogP) is 2.29. The third-order valence-corrected chi connectivity index (χ3v) is 3.95. The van der Waals surface area contributed by atoms with E-state index in [1.54, 1.807) is 12.1 Å². The van der Waals surface area contributed by atoms with Crippen molar-refractivity contribution in [3.63, 3.8) is 0 Å². The molecular weight excluding hydrogens is 386 g/mol. The van der Waals surface area contributed by atoms with Gasteiger partial charge in [-0.25, -0.2) is 4.79 Å². The van der Waals surface area contributed by atoms with E-state index in [2.05, 4.69) is 31.9 Å². The summed E-state index contributed by atoms with van der Waals surface area (Å²) in [4.78, 5) is 24.5. The molecule has 7 heteroatoms. The van der Waals surface area contributed by atoms with Crippen LogP contribution in [0.3, 0.4) is 0 Å². The molecule has 0 fully saturated rings. The van der Waals surface area contributed by atoms with Gasteiger partial charge in [0.1, 0.15) is 6.04 Å². The lowest BCUT2D eigenvalue weighted by molar-refractivity contribution is -0.123. The fourth-order valence-electron chi connectivity index (χ4n) is 2.22. The van der Waals surface area contributed by atoms with Crippen molar-refractivity contribution in [1.82, 2.24) is 10.6 Å². The van der Waals surface area contributed by atoms with Crippen LogP contribution in [0.5, 0.6) is 0 Å². The van der Waals surface area contributed by atoms with Gasteiger partial charge in [0.25, 0.3) is 0 Å². The molecule has 0 spiro atoms. The first-order chi connectivity index (χ1) is 12.1. The molecule has 0 saturated carbocycles. The van der Waals surface area contributed by atoms with Crippen LogP contribution < -0.4 is 16.0 Å². The molecule has 0 aromatic heterocycles. The van der Waals surface area contributed by atoms with E-state index < -0.39 is 12.1 Å². The highest BCUT2D eigenvalue weighted by Gasteiger charge is 2.21. The molecule has 1 unspecified atom stereocenters. The highest BCUT2D eigenvalue weighted by molar-refractivity contribution is 9.10. The smallest absolute Gasteiger partial charge is 0.319 e. The van der Waals surface area contributed by atoms with Gasteiger partial charge in [-0.3, -0.25) is 4.79 Å². The Bertz CT molecular complexity index is 692. The van der Waals surface area contributed by atoms with Gasteiger partial charge in [-0.15, -0.1) is 0 Å². The Kier molecular flexibility index (Phi) is 7.43. The molecule has 2 aromatic carbocycles. The van der Waals surface area contributed by atoms with E-state index in [1.807, 2.05) is 42.5 Å².